The first kappa shape index (κ1) is 18.8. The van der Waals surface area contributed by atoms with Gasteiger partial charge in [-0.1, -0.05) is 24.3 Å². The molecule has 0 saturated carbocycles. The molecule has 6 heteroatoms. The summed E-state index contributed by atoms with van der Waals surface area (Å²) in [7, 11) is -1.04. The van der Waals surface area contributed by atoms with Crippen molar-refractivity contribution in [2.24, 2.45) is 0 Å². The number of nitrogens with one attached hydrogen (secondary N) is 1. The molecule has 1 aliphatic heterocycles. The summed E-state index contributed by atoms with van der Waals surface area (Å²) >= 11 is 0. The van der Waals surface area contributed by atoms with Crippen LogP contribution in [0.25, 0.3) is 0 Å². The smallest absolute Gasteiger partial charge is 0.251 e. The number of nitrogens with zero attached hydrogens (tertiary/aromatic N) is 1. The summed E-state index contributed by atoms with van der Waals surface area (Å²) in [6.07, 6.45) is 1.63. The first-order chi connectivity index (χ1) is 12.6. The molecular formula is C20H24N2O3S. The van der Waals surface area contributed by atoms with Crippen molar-refractivity contribution >= 4 is 16.7 Å². The van der Waals surface area contributed by atoms with E-state index < -0.39 is 10.8 Å². The van der Waals surface area contributed by atoms with Gasteiger partial charge >= 0.3 is 0 Å². The van der Waals surface area contributed by atoms with Crippen LogP contribution in [0.15, 0.2) is 53.4 Å². The van der Waals surface area contributed by atoms with Gasteiger partial charge in [-0.25, -0.2) is 0 Å². The van der Waals surface area contributed by atoms with E-state index in [9.17, 15) is 9.00 Å². The van der Waals surface area contributed by atoms with Crippen molar-refractivity contribution in [1.29, 1.82) is 0 Å². The van der Waals surface area contributed by atoms with E-state index in [-0.39, 0.29) is 5.91 Å². The molecule has 1 N–H and O–H groups in total. The quantitative estimate of drug-likeness (QED) is 0.844. The Labute approximate surface area is 156 Å². The predicted molar refractivity (Wildman–Crippen MR) is 102 cm³/mol. The second kappa shape index (κ2) is 9.07. The molecule has 26 heavy (non-hydrogen) atoms. The highest BCUT2D eigenvalue weighted by molar-refractivity contribution is 7.84. The van der Waals surface area contributed by atoms with Crippen molar-refractivity contribution < 1.29 is 13.7 Å². The van der Waals surface area contributed by atoms with Gasteiger partial charge in [0.15, 0.2) is 0 Å². The third-order valence-electron chi connectivity index (χ3n) is 4.50. The second-order valence-corrected chi connectivity index (χ2v) is 7.70. The highest BCUT2D eigenvalue weighted by Gasteiger charge is 2.13. The standard InChI is InChI=1S/C20H24N2O3S/c1-26(24)19-8-6-16(7-9-19)20(23)21-14-17-4-2-3-5-18(17)15-22-10-12-25-13-11-22/h2-9H,10-15H2,1H3,(H,21,23). The lowest BCUT2D eigenvalue weighted by Gasteiger charge is -2.27. The molecule has 0 spiro atoms. The van der Waals surface area contributed by atoms with Crippen LogP contribution in [0, 0.1) is 0 Å². The fourth-order valence-corrected chi connectivity index (χ4v) is 3.48. The largest absolute Gasteiger partial charge is 0.379 e. The van der Waals surface area contributed by atoms with Crippen LogP contribution in [0.1, 0.15) is 21.5 Å². The number of rotatable bonds is 6. The van der Waals surface area contributed by atoms with E-state index in [1.54, 1.807) is 30.5 Å². The van der Waals surface area contributed by atoms with Crippen LogP contribution < -0.4 is 5.32 Å². The molecule has 1 fully saturated rings. The maximum Gasteiger partial charge on any atom is 0.251 e. The minimum Gasteiger partial charge on any atom is -0.379 e. The van der Waals surface area contributed by atoms with Crippen molar-refractivity contribution in [3.8, 4) is 0 Å². The van der Waals surface area contributed by atoms with E-state index in [0.29, 0.717) is 12.1 Å². The van der Waals surface area contributed by atoms with Crippen molar-refractivity contribution in [2.75, 3.05) is 32.6 Å². The molecule has 1 amide bonds. The zero-order valence-electron chi connectivity index (χ0n) is 14.9. The van der Waals surface area contributed by atoms with E-state index in [1.165, 1.54) is 5.56 Å². The third kappa shape index (κ3) is 5.00. The number of carbonyl (C=O) groups excluding carboxylic acids is 1. The van der Waals surface area contributed by atoms with E-state index >= 15 is 0 Å². The van der Waals surface area contributed by atoms with E-state index in [4.69, 9.17) is 4.74 Å². The summed E-state index contributed by atoms with van der Waals surface area (Å²) in [6.45, 7) is 4.78. The summed E-state index contributed by atoms with van der Waals surface area (Å²) in [5.74, 6) is -0.125. The first-order valence-electron chi connectivity index (χ1n) is 8.72. The van der Waals surface area contributed by atoms with Crippen molar-refractivity contribution in [2.45, 2.75) is 18.0 Å². The molecule has 0 aromatic heterocycles. The fourth-order valence-electron chi connectivity index (χ4n) is 2.96. The number of amides is 1. The number of carbonyl (C=O) groups is 1. The van der Waals surface area contributed by atoms with Gasteiger partial charge in [0, 0.05) is 53.7 Å². The Balaban J connectivity index is 1.61. The molecule has 0 aliphatic carbocycles. The summed E-state index contributed by atoms with van der Waals surface area (Å²) in [6, 6.07) is 15.1. The monoisotopic (exact) mass is 372 g/mol. The van der Waals surface area contributed by atoms with Crippen molar-refractivity contribution in [1.82, 2.24) is 10.2 Å². The summed E-state index contributed by atoms with van der Waals surface area (Å²) < 4.78 is 16.8. The van der Waals surface area contributed by atoms with Crippen LogP contribution in [0.5, 0.6) is 0 Å². The van der Waals surface area contributed by atoms with E-state index in [0.717, 1.165) is 43.3 Å². The zero-order chi connectivity index (χ0) is 18.4. The molecular weight excluding hydrogens is 348 g/mol. The Morgan fingerprint density at radius 3 is 2.38 bits per heavy atom. The molecule has 1 aliphatic rings. The van der Waals surface area contributed by atoms with Gasteiger partial charge in [0.05, 0.1) is 13.2 Å². The molecule has 5 nitrogen and oxygen atoms in total. The molecule has 1 saturated heterocycles. The van der Waals surface area contributed by atoms with Gasteiger partial charge < -0.3 is 10.1 Å². The topological polar surface area (TPSA) is 58.6 Å². The van der Waals surface area contributed by atoms with Crippen LogP contribution >= 0.6 is 0 Å². The Hall–Kier alpha value is -2.02. The zero-order valence-corrected chi connectivity index (χ0v) is 15.8. The van der Waals surface area contributed by atoms with Gasteiger partial charge in [-0.15, -0.1) is 0 Å². The number of hydrogen-bond donors (Lipinski definition) is 1. The summed E-state index contributed by atoms with van der Waals surface area (Å²) in [5, 5.41) is 2.98. The minimum atomic E-state index is -1.04. The SMILES string of the molecule is CS(=O)c1ccc(C(=O)NCc2ccccc2CN2CCOCC2)cc1. The van der Waals surface area contributed by atoms with Crippen molar-refractivity contribution in [3.05, 3.63) is 65.2 Å². The number of ether oxygens (including phenoxy) is 1. The fraction of sp³-hybridized carbons (Fsp3) is 0.350. The Kier molecular flexibility index (Phi) is 6.55. The Morgan fingerprint density at radius 1 is 1.08 bits per heavy atom. The lowest BCUT2D eigenvalue weighted by atomic mass is 10.1. The minimum absolute atomic E-state index is 0.125. The molecule has 0 bridgehead atoms. The van der Waals surface area contributed by atoms with E-state index in [2.05, 4.69) is 22.3 Å². The molecule has 2 aromatic rings. The second-order valence-electron chi connectivity index (χ2n) is 6.32. The number of benzene rings is 2. The summed E-state index contributed by atoms with van der Waals surface area (Å²) in [4.78, 5) is 15.5. The lowest BCUT2D eigenvalue weighted by molar-refractivity contribution is 0.0340. The lowest BCUT2D eigenvalue weighted by Crippen LogP contribution is -2.36. The van der Waals surface area contributed by atoms with Crippen LogP contribution in [0.4, 0.5) is 0 Å². The molecule has 2 aromatic carbocycles. The molecule has 138 valence electrons. The maximum atomic E-state index is 12.4. The van der Waals surface area contributed by atoms with Gasteiger partial charge in [-0.2, -0.15) is 0 Å². The highest BCUT2D eigenvalue weighted by Crippen LogP contribution is 2.14. The molecule has 1 heterocycles. The van der Waals surface area contributed by atoms with Gasteiger partial charge in [-0.05, 0) is 35.4 Å². The normalized spacial score (nSPS) is 16.2. The van der Waals surface area contributed by atoms with E-state index in [1.807, 2.05) is 12.1 Å². The average Bonchev–Trinajstić information content (AvgIpc) is 2.68. The Bertz CT molecular complexity index is 771. The number of morpholine rings is 1. The Morgan fingerprint density at radius 2 is 1.73 bits per heavy atom. The van der Waals surface area contributed by atoms with Gasteiger partial charge in [0.2, 0.25) is 0 Å². The molecule has 1 unspecified atom stereocenters. The van der Waals surface area contributed by atoms with Crippen LogP contribution in [-0.4, -0.2) is 47.6 Å². The third-order valence-corrected chi connectivity index (χ3v) is 5.44. The van der Waals surface area contributed by atoms with Crippen molar-refractivity contribution in [3.63, 3.8) is 0 Å². The van der Waals surface area contributed by atoms with Crippen LogP contribution in [0.2, 0.25) is 0 Å². The molecule has 3 rings (SSSR count). The van der Waals surface area contributed by atoms with Crippen LogP contribution in [-0.2, 0) is 28.6 Å². The average molecular weight is 372 g/mol. The predicted octanol–water partition coefficient (Wildman–Crippen LogP) is 2.19. The van der Waals surface area contributed by atoms with Gasteiger partial charge in [0.1, 0.15) is 0 Å². The van der Waals surface area contributed by atoms with Gasteiger partial charge in [0.25, 0.3) is 5.91 Å². The first-order valence-corrected chi connectivity index (χ1v) is 10.3. The molecule has 0 radical (unpaired) electrons. The summed E-state index contributed by atoms with van der Waals surface area (Å²) in [5.41, 5.74) is 2.93. The van der Waals surface area contributed by atoms with Crippen LogP contribution in [0.3, 0.4) is 0 Å². The molecule has 1 atom stereocenters. The maximum absolute atomic E-state index is 12.4. The van der Waals surface area contributed by atoms with Gasteiger partial charge in [-0.3, -0.25) is 13.9 Å². The highest BCUT2D eigenvalue weighted by atomic mass is 32.2. The number of hydrogen-bond acceptors (Lipinski definition) is 4.